The highest BCUT2D eigenvalue weighted by Gasteiger charge is 2.46. The zero-order valence-corrected chi connectivity index (χ0v) is 24.3. The van der Waals surface area contributed by atoms with Gasteiger partial charge in [0.1, 0.15) is 11.4 Å². The third kappa shape index (κ3) is 6.05. The molecule has 1 aliphatic carbocycles. The number of β-amino-alcohol motifs (C(OH)–C–C–N with tert-alkyl or cyclic N) is 1. The fraction of sp³-hybridized carbons (Fsp3) is 0.533. The first-order valence-corrected chi connectivity index (χ1v) is 14.6. The molecule has 1 saturated heterocycles. The van der Waals surface area contributed by atoms with Gasteiger partial charge in [0.25, 0.3) is 11.8 Å². The normalized spacial score (nSPS) is 22.0. The van der Waals surface area contributed by atoms with Crippen LogP contribution in [0.25, 0.3) is 0 Å². The summed E-state index contributed by atoms with van der Waals surface area (Å²) in [5.41, 5.74) is -0.793. The van der Waals surface area contributed by atoms with Gasteiger partial charge in [0.15, 0.2) is 5.82 Å². The van der Waals surface area contributed by atoms with E-state index in [2.05, 4.69) is 27.1 Å². The molecule has 12 heteroatoms. The van der Waals surface area contributed by atoms with E-state index in [1.165, 1.54) is 25.3 Å². The topological polar surface area (TPSA) is 123 Å². The standard InChI is InChI=1S/C30H40FN7O4/c1-4-30(31)19-38(22-7-5-6-8-22)26-24(36(2)28(30)41)18-32-29(35-26)34-23-10-9-20(17-25(23)42-3)27(40)33-21-11-13-37(14-12-21)15-16-39/h4,9-10,17-18,21-22,39H,1,5-8,11-16,19H2,2-3H3,(H,33,40)(H,32,34,35)/t30-/m1/s1. The quantitative estimate of drug-likeness (QED) is 0.384. The van der Waals surface area contributed by atoms with E-state index in [0.29, 0.717) is 35.1 Å². The summed E-state index contributed by atoms with van der Waals surface area (Å²) in [5, 5.41) is 15.4. The number of nitrogens with one attached hydrogen (secondary N) is 2. The van der Waals surface area contributed by atoms with Crippen LogP contribution in [0.2, 0.25) is 0 Å². The predicted molar refractivity (Wildman–Crippen MR) is 159 cm³/mol. The number of likely N-dealkylation sites (tertiary alicyclic amines) is 1. The van der Waals surface area contributed by atoms with Crippen molar-refractivity contribution in [3.63, 3.8) is 0 Å². The first kappa shape index (κ1) is 29.7. The van der Waals surface area contributed by atoms with Crippen molar-refractivity contribution in [3.05, 3.63) is 42.6 Å². The lowest BCUT2D eigenvalue weighted by Gasteiger charge is -2.32. The number of amides is 2. The number of aliphatic hydroxyl groups is 1. The number of hydrogen-bond donors (Lipinski definition) is 3. The Hall–Kier alpha value is -3.77. The molecule has 1 aromatic carbocycles. The Labute approximate surface area is 245 Å². The molecule has 3 N–H and O–H groups in total. The van der Waals surface area contributed by atoms with Crippen LogP contribution in [0.5, 0.6) is 5.75 Å². The van der Waals surface area contributed by atoms with Gasteiger partial charge in [0.2, 0.25) is 11.6 Å². The molecule has 42 heavy (non-hydrogen) atoms. The maximum atomic E-state index is 15.8. The molecule has 5 rings (SSSR count). The molecule has 3 aliphatic rings. The minimum atomic E-state index is -2.25. The lowest BCUT2D eigenvalue weighted by atomic mass is 10.0. The average molecular weight is 582 g/mol. The van der Waals surface area contributed by atoms with Crippen LogP contribution in [-0.4, -0.2) is 96.5 Å². The first-order valence-electron chi connectivity index (χ1n) is 14.6. The maximum absolute atomic E-state index is 15.8. The van der Waals surface area contributed by atoms with E-state index < -0.39 is 11.6 Å². The second kappa shape index (κ2) is 12.6. The Balaban J connectivity index is 1.36. The second-order valence-electron chi connectivity index (χ2n) is 11.3. The number of alkyl halides is 1. The van der Waals surface area contributed by atoms with Crippen molar-refractivity contribution >= 4 is 35.0 Å². The van der Waals surface area contributed by atoms with Gasteiger partial charge in [-0.1, -0.05) is 19.4 Å². The second-order valence-corrected chi connectivity index (χ2v) is 11.3. The van der Waals surface area contributed by atoms with Crippen molar-refractivity contribution in [2.45, 2.75) is 56.3 Å². The largest absolute Gasteiger partial charge is 0.495 e. The molecule has 226 valence electrons. The Morgan fingerprint density at radius 1 is 1.26 bits per heavy atom. The predicted octanol–water partition coefficient (Wildman–Crippen LogP) is 3.04. The molecule has 0 unspecified atom stereocenters. The van der Waals surface area contributed by atoms with Crippen molar-refractivity contribution in [3.8, 4) is 5.75 Å². The van der Waals surface area contributed by atoms with Crippen LogP contribution in [-0.2, 0) is 4.79 Å². The summed E-state index contributed by atoms with van der Waals surface area (Å²) in [7, 11) is 3.05. The fourth-order valence-corrected chi connectivity index (χ4v) is 6.09. The highest BCUT2D eigenvalue weighted by atomic mass is 19.1. The van der Waals surface area contributed by atoms with Crippen LogP contribution in [0.4, 0.5) is 27.5 Å². The van der Waals surface area contributed by atoms with Gasteiger partial charge < -0.3 is 35.2 Å². The van der Waals surface area contributed by atoms with Crippen molar-refractivity contribution in [1.82, 2.24) is 20.2 Å². The monoisotopic (exact) mass is 581 g/mol. The number of nitrogens with zero attached hydrogens (tertiary/aromatic N) is 5. The summed E-state index contributed by atoms with van der Waals surface area (Å²) in [5.74, 6) is 0.297. The SMILES string of the molecule is C=C[C@@]1(F)CN(C2CCCC2)c2nc(Nc3ccc(C(=O)NC4CCN(CCO)CC4)cc3OC)ncc2N(C)C1=O. The van der Waals surface area contributed by atoms with Crippen molar-refractivity contribution < 1.29 is 23.8 Å². The Kier molecular flexibility index (Phi) is 8.93. The molecule has 11 nitrogen and oxygen atoms in total. The van der Waals surface area contributed by atoms with Gasteiger partial charge in [0.05, 0.1) is 32.1 Å². The summed E-state index contributed by atoms with van der Waals surface area (Å²) < 4.78 is 21.4. The van der Waals surface area contributed by atoms with E-state index in [9.17, 15) is 9.59 Å². The molecular formula is C30H40FN7O4. The van der Waals surface area contributed by atoms with Crippen LogP contribution in [0.1, 0.15) is 48.9 Å². The summed E-state index contributed by atoms with van der Waals surface area (Å²) in [6.45, 7) is 5.90. The van der Waals surface area contributed by atoms with Gasteiger partial charge in [-0.2, -0.15) is 4.98 Å². The number of rotatable bonds is 9. The Bertz CT molecular complexity index is 1310. The van der Waals surface area contributed by atoms with Gasteiger partial charge >= 0.3 is 0 Å². The van der Waals surface area contributed by atoms with Crippen LogP contribution in [0.3, 0.4) is 0 Å². The van der Waals surface area contributed by atoms with Gasteiger partial charge in [-0.3, -0.25) is 9.59 Å². The van der Waals surface area contributed by atoms with Gasteiger partial charge in [-0.15, -0.1) is 0 Å². The van der Waals surface area contributed by atoms with Crippen molar-refractivity contribution in [2.75, 3.05) is 62.1 Å². The maximum Gasteiger partial charge on any atom is 0.270 e. The minimum absolute atomic E-state index is 0.0510. The molecule has 1 saturated carbocycles. The molecule has 3 heterocycles. The minimum Gasteiger partial charge on any atom is -0.495 e. The van der Waals surface area contributed by atoms with E-state index in [4.69, 9.17) is 14.8 Å². The average Bonchev–Trinajstić information content (AvgIpc) is 3.53. The number of hydrogen-bond acceptors (Lipinski definition) is 9. The lowest BCUT2D eigenvalue weighted by molar-refractivity contribution is -0.126. The number of benzene rings is 1. The van der Waals surface area contributed by atoms with E-state index in [1.54, 1.807) is 18.2 Å². The zero-order chi connectivity index (χ0) is 29.9. The summed E-state index contributed by atoms with van der Waals surface area (Å²) in [4.78, 5) is 40.6. The number of ether oxygens (including phenoxy) is 1. The number of halogens is 1. The number of fused-ring (bicyclic) bond motifs is 1. The lowest BCUT2D eigenvalue weighted by Crippen LogP contribution is -2.49. The summed E-state index contributed by atoms with van der Waals surface area (Å²) >= 11 is 0. The smallest absolute Gasteiger partial charge is 0.270 e. The number of piperidine rings is 1. The van der Waals surface area contributed by atoms with Crippen LogP contribution in [0.15, 0.2) is 37.1 Å². The van der Waals surface area contributed by atoms with E-state index >= 15 is 4.39 Å². The molecule has 2 amide bonds. The highest BCUT2D eigenvalue weighted by molar-refractivity contribution is 6.04. The van der Waals surface area contributed by atoms with Crippen LogP contribution < -0.4 is 25.2 Å². The number of methoxy groups -OCH3 is 1. The molecule has 1 atom stereocenters. The van der Waals surface area contributed by atoms with Gasteiger partial charge in [0, 0.05) is 44.3 Å². The summed E-state index contributed by atoms with van der Waals surface area (Å²) in [6, 6.07) is 5.24. The third-order valence-electron chi connectivity index (χ3n) is 8.58. The molecule has 2 aromatic rings. The molecule has 0 radical (unpaired) electrons. The molecule has 2 fully saturated rings. The number of carbonyl (C=O) groups excluding carboxylic acids is 2. The molecule has 1 aromatic heterocycles. The highest BCUT2D eigenvalue weighted by Crippen LogP contribution is 2.40. The Morgan fingerprint density at radius 2 is 2.00 bits per heavy atom. The van der Waals surface area contributed by atoms with Crippen LogP contribution >= 0.6 is 0 Å². The number of aliphatic hydroxyl groups excluding tert-OH is 1. The fourth-order valence-electron chi connectivity index (χ4n) is 6.09. The van der Waals surface area contributed by atoms with Crippen molar-refractivity contribution in [1.29, 1.82) is 0 Å². The van der Waals surface area contributed by atoms with E-state index in [-0.39, 0.29) is 37.1 Å². The molecule has 2 aliphatic heterocycles. The van der Waals surface area contributed by atoms with Gasteiger partial charge in [-0.05, 0) is 50.0 Å². The summed E-state index contributed by atoms with van der Waals surface area (Å²) in [6.07, 6.45) is 8.09. The molecule has 0 spiro atoms. The molecule has 0 bridgehead atoms. The van der Waals surface area contributed by atoms with E-state index in [0.717, 1.165) is 57.7 Å². The van der Waals surface area contributed by atoms with E-state index in [1.807, 2.05) is 4.90 Å². The third-order valence-corrected chi connectivity index (χ3v) is 8.58. The zero-order valence-electron chi connectivity index (χ0n) is 24.3. The van der Waals surface area contributed by atoms with Crippen LogP contribution in [0, 0.1) is 0 Å². The molecular weight excluding hydrogens is 541 g/mol. The Morgan fingerprint density at radius 3 is 2.67 bits per heavy atom. The first-order chi connectivity index (χ1) is 20.3. The number of aromatic nitrogens is 2. The number of anilines is 4. The number of carbonyl (C=O) groups is 2. The van der Waals surface area contributed by atoms with Crippen molar-refractivity contribution in [2.24, 2.45) is 0 Å². The van der Waals surface area contributed by atoms with Gasteiger partial charge in [-0.25, -0.2) is 9.37 Å².